The Hall–Kier alpha value is -1.11. The first-order valence-electron chi connectivity index (χ1n) is 6.45. The third-order valence-electron chi connectivity index (χ3n) is 3.06. The van der Waals surface area contributed by atoms with Gasteiger partial charge in [-0.15, -0.1) is 22.7 Å². The van der Waals surface area contributed by atoms with Gasteiger partial charge < -0.3 is 5.32 Å². The molecule has 118 valence electrons. The van der Waals surface area contributed by atoms with Crippen LogP contribution in [0.2, 0.25) is 14.4 Å². The molecule has 3 rings (SSSR count). The monoisotopic (exact) mass is 402 g/mol. The predicted octanol–water partition coefficient (Wildman–Crippen LogP) is 6.01. The topological polar surface area (TPSA) is 42.0 Å². The number of carbonyl (C=O) groups excluding carboxylic acids is 1. The summed E-state index contributed by atoms with van der Waals surface area (Å²) >= 11 is 21.5. The zero-order chi connectivity index (χ0) is 16.4. The van der Waals surface area contributed by atoms with Gasteiger partial charge in [-0.05, 0) is 23.8 Å². The summed E-state index contributed by atoms with van der Waals surface area (Å²) in [6.45, 7) is 0. The van der Waals surface area contributed by atoms with Gasteiger partial charge in [0.25, 0.3) is 0 Å². The summed E-state index contributed by atoms with van der Waals surface area (Å²) < 4.78 is 0.675. The number of anilines is 1. The molecule has 3 nitrogen and oxygen atoms in total. The van der Waals surface area contributed by atoms with E-state index in [0.717, 1.165) is 10.4 Å². The summed E-state index contributed by atoms with van der Waals surface area (Å²) in [5.74, 6) is 0.300. The van der Waals surface area contributed by atoms with Gasteiger partial charge in [-0.2, -0.15) is 0 Å². The number of thiophene rings is 1. The Morgan fingerprint density at radius 3 is 2.65 bits per heavy atom. The number of nitrogens with zero attached hydrogens (tertiary/aromatic N) is 1. The van der Waals surface area contributed by atoms with Gasteiger partial charge in [0.15, 0.2) is 0 Å². The zero-order valence-electron chi connectivity index (χ0n) is 11.5. The summed E-state index contributed by atoms with van der Waals surface area (Å²) in [5, 5.41) is 5.38. The van der Waals surface area contributed by atoms with Crippen molar-refractivity contribution in [3.63, 3.8) is 0 Å². The van der Waals surface area contributed by atoms with E-state index in [4.69, 9.17) is 34.8 Å². The van der Waals surface area contributed by atoms with Crippen LogP contribution < -0.4 is 5.32 Å². The van der Waals surface area contributed by atoms with Crippen molar-refractivity contribution in [1.29, 1.82) is 0 Å². The highest BCUT2D eigenvalue weighted by Gasteiger charge is 2.16. The van der Waals surface area contributed by atoms with Gasteiger partial charge in [-0.1, -0.05) is 40.9 Å². The second kappa shape index (κ2) is 7.20. The Bertz CT molecular complexity index is 847. The van der Waals surface area contributed by atoms with Crippen LogP contribution in [0.15, 0.2) is 35.2 Å². The standard InChI is InChI=1S/C15H9Cl3N2OS2/c16-10-2-1-8(11-3-4-12(17)23-11)15(18)9(10)5-14(21)20-13-6-22-7-19-13/h1-4,6-7H,5H2,(H,20,21). The Labute approximate surface area is 155 Å². The highest BCUT2D eigenvalue weighted by Crippen LogP contribution is 2.39. The summed E-state index contributed by atoms with van der Waals surface area (Å²) in [6, 6.07) is 7.26. The fourth-order valence-corrected chi connectivity index (χ4v) is 4.25. The average molecular weight is 404 g/mol. The van der Waals surface area contributed by atoms with Gasteiger partial charge >= 0.3 is 0 Å². The average Bonchev–Trinajstić information content (AvgIpc) is 3.15. The summed E-state index contributed by atoms with van der Waals surface area (Å²) in [5.41, 5.74) is 3.05. The maximum Gasteiger partial charge on any atom is 0.230 e. The molecule has 0 radical (unpaired) electrons. The summed E-state index contributed by atoms with van der Waals surface area (Å²) in [4.78, 5) is 17.1. The van der Waals surface area contributed by atoms with E-state index >= 15 is 0 Å². The number of thiazole rings is 1. The molecule has 3 aromatic rings. The first-order chi connectivity index (χ1) is 11.0. The number of aromatic nitrogens is 1. The lowest BCUT2D eigenvalue weighted by molar-refractivity contribution is -0.115. The maximum atomic E-state index is 12.2. The molecular formula is C15H9Cl3N2OS2. The van der Waals surface area contributed by atoms with Crippen molar-refractivity contribution in [1.82, 2.24) is 4.98 Å². The largest absolute Gasteiger partial charge is 0.310 e. The van der Waals surface area contributed by atoms with Crippen molar-refractivity contribution in [3.05, 3.63) is 55.1 Å². The van der Waals surface area contributed by atoms with Crippen LogP contribution in [0, 0.1) is 0 Å². The van der Waals surface area contributed by atoms with Crippen molar-refractivity contribution in [2.75, 3.05) is 5.32 Å². The van der Waals surface area contributed by atoms with Gasteiger partial charge in [0.05, 0.1) is 21.3 Å². The number of hydrogen-bond acceptors (Lipinski definition) is 4. The SMILES string of the molecule is O=C(Cc1c(Cl)ccc(-c2ccc(Cl)s2)c1Cl)Nc1cscn1. The van der Waals surface area contributed by atoms with Crippen LogP contribution in [0.4, 0.5) is 5.82 Å². The molecule has 0 saturated carbocycles. The second-order valence-corrected chi connectivity index (χ2v) is 7.81. The van der Waals surface area contributed by atoms with Gasteiger partial charge in [-0.25, -0.2) is 4.98 Å². The molecule has 0 aliphatic heterocycles. The Balaban J connectivity index is 1.88. The number of hydrogen-bond donors (Lipinski definition) is 1. The van der Waals surface area contributed by atoms with Crippen LogP contribution in [0.25, 0.3) is 10.4 Å². The molecule has 8 heteroatoms. The van der Waals surface area contributed by atoms with E-state index in [0.29, 0.717) is 25.8 Å². The van der Waals surface area contributed by atoms with E-state index in [1.165, 1.54) is 22.7 Å². The number of amides is 1. The Kier molecular flexibility index (Phi) is 5.24. The first kappa shape index (κ1) is 16.7. The predicted molar refractivity (Wildman–Crippen MR) is 99.2 cm³/mol. The van der Waals surface area contributed by atoms with Gasteiger partial charge in [0.1, 0.15) is 5.82 Å². The Morgan fingerprint density at radius 1 is 1.17 bits per heavy atom. The fraction of sp³-hybridized carbons (Fsp3) is 0.0667. The number of nitrogens with one attached hydrogen (secondary N) is 1. The van der Waals surface area contributed by atoms with E-state index in [-0.39, 0.29) is 12.3 Å². The number of halogens is 3. The minimum Gasteiger partial charge on any atom is -0.310 e. The van der Waals surface area contributed by atoms with Crippen molar-refractivity contribution in [2.45, 2.75) is 6.42 Å². The molecule has 23 heavy (non-hydrogen) atoms. The van der Waals surface area contributed by atoms with E-state index < -0.39 is 0 Å². The van der Waals surface area contributed by atoms with Crippen LogP contribution >= 0.6 is 57.5 Å². The van der Waals surface area contributed by atoms with Crippen LogP contribution in [0.3, 0.4) is 0 Å². The maximum absolute atomic E-state index is 12.2. The highest BCUT2D eigenvalue weighted by molar-refractivity contribution is 7.19. The molecule has 0 fully saturated rings. The molecule has 1 amide bonds. The lowest BCUT2D eigenvalue weighted by atomic mass is 10.1. The molecule has 2 heterocycles. The minimum absolute atomic E-state index is 0.0716. The molecular weight excluding hydrogens is 395 g/mol. The smallest absolute Gasteiger partial charge is 0.230 e. The first-order valence-corrected chi connectivity index (χ1v) is 9.34. The van der Waals surface area contributed by atoms with E-state index in [2.05, 4.69) is 10.3 Å². The van der Waals surface area contributed by atoms with Crippen molar-refractivity contribution in [3.8, 4) is 10.4 Å². The molecule has 0 aliphatic rings. The highest BCUT2D eigenvalue weighted by atomic mass is 35.5. The van der Waals surface area contributed by atoms with Crippen molar-refractivity contribution >= 4 is 69.2 Å². The summed E-state index contributed by atoms with van der Waals surface area (Å²) in [6.07, 6.45) is 0.0716. The second-order valence-electron chi connectivity index (χ2n) is 4.59. The van der Waals surface area contributed by atoms with Crippen molar-refractivity contribution in [2.24, 2.45) is 0 Å². The van der Waals surface area contributed by atoms with Crippen LogP contribution in [-0.4, -0.2) is 10.9 Å². The van der Waals surface area contributed by atoms with Gasteiger partial charge in [0, 0.05) is 20.8 Å². The van der Waals surface area contributed by atoms with Gasteiger partial charge in [0.2, 0.25) is 5.91 Å². The minimum atomic E-state index is -0.221. The van der Waals surface area contributed by atoms with E-state index in [1.54, 1.807) is 23.0 Å². The molecule has 0 spiro atoms. The lowest BCUT2D eigenvalue weighted by Gasteiger charge is -2.10. The molecule has 1 N–H and O–H groups in total. The molecule has 0 atom stereocenters. The quantitative estimate of drug-likeness (QED) is 0.579. The molecule has 1 aromatic carbocycles. The molecule has 0 bridgehead atoms. The zero-order valence-corrected chi connectivity index (χ0v) is 15.4. The summed E-state index contributed by atoms with van der Waals surface area (Å²) in [7, 11) is 0. The van der Waals surface area contributed by atoms with Crippen LogP contribution in [-0.2, 0) is 11.2 Å². The number of carbonyl (C=O) groups is 1. The molecule has 0 saturated heterocycles. The van der Waals surface area contributed by atoms with E-state index in [9.17, 15) is 4.79 Å². The molecule has 0 unspecified atom stereocenters. The molecule has 2 aromatic heterocycles. The van der Waals surface area contributed by atoms with Crippen molar-refractivity contribution < 1.29 is 4.79 Å². The number of benzene rings is 1. The number of rotatable bonds is 4. The lowest BCUT2D eigenvalue weighted by Crippen LogP contribution is -2.15. The molecule has 0 aliphatic carbocycles. The Morgan fingerprint density at radius 2 is 2.00 bits per heavy atom. The fourth-order valence-electron chi connectivity index (χ4n) is 2.03. The van der Waals surface area contributed by atoms with Crippen LogP contribution in [0.5, 0.6) is 0 Å². The third kappa shape index (κ3) is 3.87. The van der Waals surface area contributed by atoms with Crippen LogP contribution in [0.1, 0.15) is 5.56 Å². The van der Waals surface area contributed by atoms with Gasteiger partial charge in [-0.3, -0.25) is 4.79 Å². The normalized spacial score (nSPS) is 10.7. The third-order valence-corrected chi connectivity index (χ3v) is 5.70. The van der Waals surface area contributed by atoms with E-state index in [1.807, 2.05) is 12.1 Å².